The number of nitrogens with zero attached hydrogens (tertiary/aromatic N) is 1. The van der Waals surface area contributed by atoms with Gasteiger partial charge in [-0.2, -0.15) is 8.42 Å². The Bertz CT molecular complexity index is 2030. The highest BCUT2D eigenvalue weighted by Gasteiger charge is 2.26. The Hall–Kier alpha value is -4.69. The lowest BCUT2D eigenvalue weighted by atomic mass is 9.96. The monoisotopic (exact) mass is 761 g/mol. The maximum atomic E-state index is 13.8. The maximum Gasteiger partial charge on any atom is 0.338 e. The Labute approximate surface area is 317 Å². The molecule has 12 nitrogen and oxygen atoms in total. The fourth-order valence-electron chi connectivity index (χ4n) is 5.68. The molecular formula is C41H51N3O9S. The van der Waals surface area contributed by atoms with Crippen molar-refractivity contribution in [3.05, 3.63) is 107 Å². The fraction of sp³-hybridized carbons (Fsp3) is 0.415. The van der Waals surface area contributed by atoms with Crippen molar-refractivity contribution in [2.75, 3.05) is 30.8 Å². The van der Waals surface area contributed by atoms with Gasteiger partial charge in [-0.25, -0.2) is 4.79 Å². The van der Waals surface area contributed by atoms with Crippen LogP contribution in [0.15, 0.2) is 79.1 Å². The summed E-state index contributed by atoms with van der Waals surface area (Å²) in [5.41, 5.74) is 3.03. The lowest BCUT2D eigenvalue weighted by Crippen LogP contribution is -2.36. The number of rotatable bonds is 19. The first kappa shape index (κ1) is 42.1. The van der Waals surface area contributed by atoms with Gasteiger partial charge < -0.3 is 24.8 Å². The molecule has 3 N–H and O–H groups in total. The van der Waals surface area contributed by atoms with Gasteiger partial charge in [-0.3, -0.25) is 19.1 Å². The number of benzene rings is 3. The van der Waals surface area contributed by atoms with E-state index in [-0.39, 0.29) is 51.0 Å². The molecule has 1 heterocycles. The van der Waals surface area contributed by atoms with E-state index in [0.717, 1.165) is 27.5 Å². The Morgan fingerprint density at radius 1 is 0.852 bits per heavy atom. The molecule has 0 aliphatic rings. The quantitative estimate of drug-likeness (QED) is 0.0691. The van der Waals surface area contributed by atoms with Gasteiger partial charge in [0.25, 0.3) is 10.1 Å². The highest BCUT2D eigenvalue weighted by atomic mass is 32.2. The minimum Gasteiger partial charge on any atom is -0.457 e. The lowest BCUT2D eigenvalue weighted by Gasteiger charge is -2.29. The van der Waals surface area contributed by atoms with Crippen LogP contribution >= 0.6 is 0 Å². The summed E-state index contributed by atoms with van der Waals surface area (Å²) < 4.78 is 48.6. The zero-order valence-corrected chi connectivity index (χ0v) is 32.6. The van der Waals surface area contributed by atoms with Crippen molar-refractivity contribution < 1.29 is 41.6 Å². The molecule has 1 aromatic heterocycles. The number of hydrogen-bond donors (Lipinski definition) is 3. The number of pyridine rings is 1. The number of ether oxygens (including phenoxy) is 3. The summed E-state index contributed by atoms with van der Waals surface area (Å²) in [6.45, 7) is 11.6. The number of esters is 1. The molecule has 0 radical (unpaired) electrons. The molecule has 13 heteroatoms. The highest BCUT2D eigenvalue weighted by Crippen LogP contribution is 2.24. The molecular weight excluding hydrogens is 711 g/mol. The van der Waals surface area contributed by atoms with E-state index in [9.17, 15) is 22.8 Å². The van der Waals surface area contributed by atoms with Crippen LogP contribution in [0.4, 0.5) is 5.69 Å². The number of carbonyl (C=O) groups excluding carboxylic acids is 3. The molecule has 0 saturated carbocycles. The van der Waals surface area contributed by atoms with Crippen LogP contribution in [0.3, 0.4) is 0 Å². The van der Waals surface area contributed by atoms with Crippen LogP contribution in [0.1, 0.15) is 85.5 Å². The number of amides is 2. The number of anilines is 1. The number of carbonyl (C=O) groups is 3. The van der Waals surface area contributed by atoms with E-state index < -0.39 is 39.0 Å². The first-order valence-electron chi connectivity index (χ1n) is 17.9. The minimum absolute atomic E-state index is 0.0269. The third kappa shape index (κ3) is 13.6. The van der Waals surface area contributed by atoms with Gasteiger partial charge in [0.05, 0.1) is 41.7 Å². The highest BCUT2D eigenvalue weighted by molar-refractivity contribution is 7.85. The van der Waals surface area contributed by atoms with Crippen LogP contribution in [-0.4, -0.2) is 72.5 Å². The van der Waals surface area contributed by atoms with Crippen LogP contribution in [0.25, 0.3) is 10.8 Å². The van der Waals surface area contributed by atoms with Gasteiger partial charge in [0.1, 0.15) is 6.61 Å². The molecule has 0 spiro atoms. The summed E-state index contributed by atoms with van der Waals surface area (Å²) in [7, 11) is -4.08. The van der Waals surface area contributed by atoms with Crippen LogP contribution in [0.5, 0.6) is 0 Å². The lowest BCUT2D eigenvalue weighted by molar-refractivity contribution is -0.124. The van der Waals surface area contributed by atoms with E-state index in [1.807, 2.05) is 58.0 Å². The third-order valence-corrected chi connectivity index (χ3v) is 9.78. The van der Waals surface area contributed by atoms with Crippen LogP contribution < -0.4 is 10.6 Å². The van der Waals surface area contributed by atoms with Crippen molar-refractivity contribution >= 4 is 44.4 Å². The van der Waals surface area contributed by atoms with Gasteiger partial charge >= 0.3 is 5.97 Å². The molecule has 2 amide bonds. The number of aryl methyl sites for hydroxylation is 2. The fourth-order valence-corrected chi connectivity index (χ4v) is 6.43. The van der Waals surface area contributed by atoms with E-state index in [1.165, 1.54) is 0 Å². The Morgan fingerprint density at radius 3 is 2.26 bits per heavy atom. The van der Waals surface area contributed by atoms with E-state index in [4.69, 9.17) is 18.8 Å². The van der Waals surface area contributed by atoms with Gasteiger partial charge in [0.2, 0.25) is 11.8 Å². The molecule has 0 aliphatic carbocycles. The number of aromatic nitrogens is 1. The molecule has 4 aromatic rings. The van der Waals surface area contributed by atoms with Crippen molar-refractivity contribution in [1.82, 2.24) is 10.3 Å². The normalized spacial score (nSPS) is 12.6. The van der Waals surface area contributed by atoms with Gasteiger partial charge in [-0.05, 0) is 101 Å². The summed E-state index contributed by atoms with van der Waals surface area (Å²) in [5.74, 6) is -2.15. The molecule has 0 saturated heterocycles. The second-order valence-corrected chi connectivity index (χ2v) is 16.2. The van der Waals surface area contributed by atoms with E-state index in [1.54, 1.807) is 62.6 Å². The number of nitrogens with one attached hydrogen (secondary N) is 2. The molecule has 290 valence electrons. The van der Waals surface area contributed by atoms with Crippen molar-refractivity contribution in [2.24, 2.45) is 0 Å². The second kappa shape index (κ2) is 18.6. The zero-order chi connectivity index (χ0) is 39.5. The molecule has 4 rings (SSSR count). The average Bonchev–Trinajstić information content (AvgIpc) is 3.10. The Kier molecular flexibility index (Phi) is 14.5. The molecule has 1 unspecified atom stereocenters. The summed E-state index contributed by atoms with van der Waals surface area (Å²) in [6, 6.07) is 20.1. The van der Waals surface area contributed by atoms with Gasteiger partial charge in [0, 0.05) is 36.4 Å². The van der Waals surface area contributed by atoms with Crippen LogP contribution in [0, 0.1) is 13.8 Å². The van der Waals surface area contributed by atoms with Crippen molar-refractivity contribution in [3.63, 3.8) is 0 Å². The smallest absolute Gasteiger partial charge is 0.338 e. The maximum absolute atomic E-state index is 13.8. The molecule has 54 heavy (non-hydrogen) atoms. The van der Waals surface area contributed by atoms with Crippen molar-refractivity contribution in [1.29, 1.82) is 0 Å². The Morgan fingerprint density at radius 2 is 1.56 bits per heavy atom. The molecule has 3 aromatic carbocycles. The first-order chi connectivity index (χ1) is 25.4. The summed E-state index contributed by atoms with van der Waals surface area (Å²) in [4.78, 5) is 43.6. The predicted molar refractivity (Wildman–Crippen MR) is 208 cm³/mol. The number of hydrogen-bond acceptors (Lipinski definition) is 9. The molecule has 0 aliphatic heterocycles. The van der Waals surface area contributed by atoms with Crippen LogP contribution in [0.2, 0.25) is 0 Å². The third-order valence-electron chi connectivity index (χ3n) is 9.06. The van der Waals surface area contributed by atoms with E-state index in [2.05, 4.69) is 15.6 Å². The minimum atomic E-state index is -4.08. The largest absolute Gasteiger partial charge is 0.457 e. The predicted octanol–water partition coefficient (Wildman–Crippen LogP) is 6.70. The van der Waals surface area contributed by atoms with E-state index in [0.29, 0.717) is 23.2 Å². The summed E-state index contributed by atoms with van der Waals surface area (Å²) >= 11 is 0. The van der Waals surface area contributed by atoms with Crippen molar-refractivity contribution in [2.45, 2.75) is 84.5 Å². The SMILES string of the molecule is Cc1ccc(C(=O)OCc2ccc(C(CNC(=O)CCOC(C)(C)CCOC(C)(C)CCS(=O)(=O)O)C(=O)Nc3ccc4cnccc4c3)cc2)c(C)c1. The average molecular weight is 762 g/mol. The van der Waals surface area contributed by atoms with Gasteiger partial charge in [0.15, 0.2) is 0 Å². The van der Waals surface area contributed by atoms with Gasteiger partial charge in [-0.15, -0.1) is 0 Å². The van der Waals surface area contributed by atoms with Crippen molar-refractivity contribution in [3.8, 4) is 0 Å². The molecule has 0 fully saturated rings. The van der Waals surface area contributed by atoms with Gasteiger partial charge in [-0.1, -0.05) is 48.0 Å². The first-order valence-corrected chi connectivity index (χ1v) is 19.5. The zero-order valence-electron chi connectivity index (χ0n) is 31.8. The summed E-state index contributed by atoms with van der Waals surface area (Å²) in [6.07, 6.45) is 4.11. The second-order valence-electron chi connectivity index (χ2n) is 14.7. The van der Waals surface area contributed by atoms with Crippen LogP contribution in [-0.2, 0) is 40.5 Å². The molecule has 1 atom stereocenters. The Balaban J connectivity index is 1.35. The van der Waals surface area contributed by atoms with E-state index >= 15 is 0 Å². The standard InChI is InChI=1S/C41H51N3O9S/c1-28-7-14-35(29(2)23-28)39(47)51-27-30-8-10-31(11-9-30)36(38(46)44-34-13-12-33-25-42-19-15-32(33)24-34)26-43-37(45)16-20-52-40(3,4)17-21-53-41(5,6)18-22-54(48,49)50/h7-15,19,23-25,36H,16-18,20-22,26-27H2,1-6H3,(H,43,45)(H,44,46)(H,48,49,50). The number of fused-ring (bicyclic) bond motifs is 1. The topological polar surface area (TPSA) is 170 Å². The molecule has 0 bridgehead atoms. The summed E-state index contributed by atoms with van der Waals surface area (Å²) in [5, 5.41) is 7.73.